The van der Waals surface area contributed by atoms with Gasteiger partial charge in [-0.1, -0.05) is 24.6 Å². The molecular weight excluding hydrogens is 270 g/mol. The number of carboxylic acids is 1. The number of nitrogens with zero attached hydrogens (tertiary/aromatic N) is 1. The van der Waals surface area contributed by atoms with Crippen molar-refractivity contribution >= 4 is 17.7 Å². The van der Waals surface area contributed by atoms with Gasteiger partial charge in [0.15, 0.2) is 0 Å². The molecule has 2 fully saturated rings. The van der Waals surface area contributed by atoms with Crippen molar-refractivity contribution in [2.75, 3.05) is 25.4 Å². The van der Waals surface area contributed by atoms with Crippen molar-refractivity contribution in [1.82, 2.24) is 4.90 Å². The second-order valence-corrected chi connectivity index (χ2v) is 7.12. The van der Waals surface area contributed by atoms with Gasteiger partial charge in [-0.05, 0) is 30.9 Å². The Labute approximate surface area is 124 Å². The minimum absolute atomic E-state index is 0.377. The van der Waals surface area contributed by atoms with Gasteiger partial charge in [0.1, 0.15) is 0 Å². The first-order valence-corrected chi connectivity index (χ1v) is 8.33. The molecule has 1 saturated carbocycles. The zero-order valence-corrected chi connectivity index (χ0v) is 12.4. The fourth-order valence-corrected chi connectivity index (χ4v) is 4.66. The smallest absolute Gasteiger partial charge is 0.311 e. The SMILES string of the molecule is O=C(O)[C@@]12CCC[C@H]1CN(CCSc1ccccc1)C2. The molecule has 3 rings (SSSR count). The third kappa shape index (κ3) is 2.59. The summed E-state index contributed by atoms with van der Waals surface area (Å²) in [6.07, 6.45) is 3.05. The standard InChI is InChI=1S/C16H21NO2S/c18-15(19)16-8-4-5-13(16)11-17(12-16)9-10-20-14-6-2-1-3-7-14/h1-3,6-7,13H,4-5,8-12H2,(H,18,19)/t13-,16+/m0/s1. The largest absolute Gasteiger partial charge is 0.481 e. The molecule has 1 aliphatic carbocycles. The highest BCUT2D eigenvalue weighted by Crippen LogP contribution is 2.48. The van der Waals surface area contributed by atoms with Gasteiger partial charge in [-0.2, -0.15) is 0 Å². The van der Waals surface area contributed by atoms with Crippen molar-refractivity contribution in [3.05, 3.63) is 30.3 Å². The highest BCUT2D eigenvalue weighted by Gasteiger charge is 2.54. The number of carbonyl (C=O) groups is 1. The summed E-state index contributed by atoms with van der Waals surface area (Å²) in [6.45, 7) is 2.72. The lowest BCUT2D eigenvalue weighted by Gasteiger charge is -2.23. The summed E-state index contributed by atoms with van der Waals surface area (Å²) >= 11 is 1.85. The molecule has 0 bridgehead atoms. The van der Waals surface area contributed by atoms with E-state index >= 15 is 0 Å². The Balaban J connectivity index is 1.52. The van der Waals surface area contributed by atoms with E-state index in [4.69, 9.17) is 0 Å². The van der Waals surface area contributed by atoms with Crippen LogP contribution < -0.4 is 0 Å². The number of likely N-dealkylation sites (tertiary alicyclic amines) is 1. The number of carboxylic acid groups (broad SMARTS) is 1. The van der Waals surface area contributed by atoms with Crippen LogP contribution in [0, 0.1) is 11.3 Å². The molecule has 108 valence electrons. The van der Waals surface area contributed by atoms with Crippen molar-refractivity contribution in [1.29, 1.82) is 0 Å². The average molecular weight is 291 g/mol. The Kier molecular flexibility index (Phi) is 4.03. The molecule has 0 aromatic heterocycles. The van der Waals surface area contributed by atoms with Crippen molar-refractivity contribution in [3.63, 3.8) is 0 Å². The Morgan fingerprint density at radius 3 is 2.90 bits per heavy atom. The third-order valence-electron chi connectivity index (χ3n) is 4.79. The van der Waals surface area contributed by atoms with E-state index in [0.717, 1.165) is 44.6 Å². The van der Waals surface area contributed by atoms with Gasteiger partial charge in [-0.3, -0.25) is 4.79 Å². The number of thioether (sulfide) groups is 1. The number of rotatable bonds is 5. The summed E-state index contributed by atoms with van der Waals surface area (Å²) < 4.78 is 0. The van der Waals surface area contributed by atoms with Crippen LogP contribution >= 0.6 is 11.8 Å². The Hall–Kier alpha value is -1.00. The number of fused-ring (bicyclic) bond motifs is 1. The fraction of sp³-hybridized carbons (Fsp3) is 0.562. The molecule has 0 amide bonds. The normalized spacial score (nSPS) is 29.5. The zero-order valence-electron chi connectivity index (χ0n) is 11.6. The Bertz CT molecular complexity index is 479. The minimum Gasteiger partial charge on any atom is -0.481 e. The minimum atomic E-state index is -0.571. The number of hydrogen-bond donors (Lipinski definition) is 1. The lowest BCUT2D eigenvalue weighted by Crippen LogP contribution is -2.36. The Morgan fingerprint density at radius 1 is 1.40 bits per heavy atom. The van der Waals surface area contributed by atoms with Crippen LogP contribution in [0.5, 0.6) is 0 Å². The van der Waals surface area contributed by atoms with Gasteiger partial charge >= 0.3 is 5.97 Å². The van der Waals surface area contributed by atoms with E-state index in [9.17, 15) is 9.90 Å². The Morgan fingerprint density at radius 2 is 2.20 bits per heavy atom. The van der Waals surface area contributed by atoms with E-state index in [1.54, 1.807) is 0 Å². The first-order chi connectivity index (χ1) is 9.71. The topological polar surface area (TPSA) is 40.5 Å². The molecule has 1 saturated heterocycles. The van der Waals surface area contributed by atoms with Crippen molar-refractivity contribution < 1.29 is 9.90 Å². The van der Waals surface area contributed by atoms with Gasteiger partial charge in [-0.15, -0.1) is 11.8 Å². The van der Waals surface area contributed by atoms with Gasteiger partial charge in [0.2, 0.25) is 0 Å². The highest BCUT2D eigenvalue weighted by atomic mass is 32.2. The summed E-state index contributed by atoms with van der Waals surface area (Å²) in [7, 11) is 0. The van der Waals surface area contributed by atoms with Crippen LogP contribution in [0.25, 0.3) is 0 Å². The maximum Gasteiger partial charge on any atom is 0.311 e. The molecule has 0 unspecified atom stereocenters. The predicted octanol–water partition coefficient (Wildman–Crippen LogP) is 2.97. The van der Waals surface area contributed by atoms with Crippen molar-refractivity contribution in [3.8, 4) is 0 Å². The summed E-state index contributed by atoms with van der Waals surface area (Å²) in [4.78, 5) is 15.3. The van der Waals surface area contributed by atoms with Gasteiger partial charge in [0, 0.05) is 30.3 Å². The van der Waals surface area contributed by atoms with E-state index in [2.05, 4.69) is 29.2 Å². The van der Waals surface area contributed by atoms with Gasteiger partial charge in [0.05, 0.1) is 5.41 Å². The van der Waals surface area contributed by atoms with Crippen LogP contribution in [0.15, 0.2) is 35.2 Å². The van der Waals surface area contributed by atoms with Gasteiger partial charge in [0.25, 0.3) is 0 Å². The highest BCUT2D eigenvalue weighted by molar-refractivity contribution is 7.99. The molecule has 0 radical (unpaired) electrons. The van der Waals surface area contributed by atoms with Crippen molar-refractivity contribution in [2.45, 2.75) is 24.2 Å². The third-order valence-corrected chi connectivity index (χ3v) is 5.78. The molecule has 1 heterocycles. The molecule has 2 atom stereocenters. The van der Waals surface area contributed by atoms with Crippen LogP contribution in [0.1, 0.15) is 19.3 Å². The number of benzene rings is 1. The molecule has 4 heteroatoms. The van der Waals surface area contributed by atoms with E-state index < -0.39 is 11.4 Å². The zero-order chi connectivity index (χ0) is 14.0. The lowest BCUT2D eigenvalue weighted by atomic mass is 9.81. The molecule has 2 aliphatic rings. The molecule has 1 aromatic carbocycles. The summed E-state index contributed by atoms with van der Waals surface area (Å²) in [5.74, 6) is 0.840. The first kappa shape index (κ1) is 14.0. The molecule has 1 aromatic rings. The lowest BCUT2D eigenvalue weighted by molar-refractivity contribution is -0.149. The van der Waals surface area contributed by atoms with Crippen LogP contribution in [-0.2, 0) is 4.79 Å². The fourth-order valence-electron chi connectivity index (χ4n) is 3.72. The van der Waals surface area contributed by atoms with Crippen LogP contribution in [0.3, 0.4) is 0 Å². The second-order valence-electron chi connectivity index (χ2n) is 5.95. The molecule has 3 nitrogen and oxygen atoms in total. The van der Waals surface area contributed by atoms with Crippen LogP contribution in [0.2, 0.25) is 0 Å². The van der Waals surface area contributed by atoms with Gasteiger partial charge in [-0.25, -0.2) is 0 Å². The first-order valence-electron chi connectivity index (χ1n) is 7.34. The van der Waals surface area contributed by atoms with E-state index in [1.165, 1.54) is 4.90 Å². The summed E-state index contributed by atoms with van der Waals surface area (Å²) in [6, 6.07) is 10.4. The summed E-state index contributed by atoms with van der Waals surface area (Å²) in [5.41, 5.74) is -0.433. The van der Waals surface area contributed by atoms with E-state index in [1.807, 2.05) is 17.8 Å². The number of aliphatic carboxylic acids is 1. The molecule has 20 heavy (non-hydrogen) atoms. The van der Waals surface area contributed by atoms with Crippen molar-refractivity contribution in [2.24, 2.45) is 11.3 Å². The quantitative estimate of drug-likeness (QED) is 0.847. The van der Waals surface area contributed by atoms with Gasteiger partial charge < -0.3 is 10.0 Å². The number of hydrogen-bond acceptors (Lipinski definition) is 3. The second kappa shape index (κ2) is 5.78. The maximum atomic E-state index is 11.6. The monoisotopic (exact) mass is 291 g/mol. The summed E-state index contributed by atoms with van der Waals surface area (Å²) in [5, 5.41) is 9.56. The average Bonchev–Trinajstić information content (AvgIpc) is 2.97. The molecule has 1 N–H and O–H groups in total. The molecular formula is C16H21NO2S. The predicted molar refractivity (Wildman–Crippen MR) is 81.0 cm³/mol. The van der Waals surface area contributed by atoms with E-state index in [0.29, 0.717) is 5.92 Å². The molecule has 0 spiro atoms. The maximum absolute atomic E-state index is 11.6. The molecule has 1 aliphatic heterocycles. The van der Waals surface area contributed by atoms with E-state index in [-0.39, 0.29) is 0 Å². The van der Waals surface area contributed by atoms with Crippen LogP contribution in [-0.4, -0.2) is 41.4 Å². The van der Waals surface area contributed by atoms with Crippen LogP contribution in [0.4, 0.5) is 0 Å².